The number of nitrogens with zero attached hydrogens (tertiary/aromatic N) is 1. The maximum Gasteiger partial charge on any atom is 0.116 e. The van der Waals surface area contributed by atoms with Gasteiger partial charge in [0.1, 0.15) is 5.75 Å². The first-order valence-electron chi connectivity index (χ1n) is 4.69. The van der Waals surface area contributed by atoms with Gasteiger partial charge in [-0.2, -0.15) is 0 Å². The van der Waals surface area contributed by atoms with Gasteiger partial charge >= 0.3 is 0 Å². The number of aromatic nitrogens is 1. The van der Waals surface area contributed by atoms with Crippen LogP contribution in [0.5, 0.6) is 5.75 Å². The summed E-state index contributed by atoms with van der Waals surface area (Å²) in [6.45, 7) is 0.634. The summed E-state index contributed by atoms with van der Waals surface area (Å²) in [5, 5.41) is 10.5. The average Bonchev–Trinajstić information content (AvgIpc) is 2.44. The molecule has 0 bridgehead atoms. The van der Waals surface area contributed by atoms with E-state index < -0.39 is 0 Å². The lowest BCUT2D eigenvalue weighted by atomic mass is 10.1. The van der Waals surface area contributed by atoms with E-state index in [2.05, 4.69) is 10.8 Å². The maximum absolute atomic E-state index is 9.39. The molecule has 0 unspecified atom stereocenters. The number of halogens is 1. The summed E-state index contributed by atoms with van der Waals surface area (Å²) in [6, 6.07) is 5.42. The quantitative estimate of drug-likeness (QED) is 0.821. The van der Waals surface area contributed by atoms with Crippen molar-refractivity contribution in [2.45, 2.75) is 6.42 Å². The van der Waals surface area contributed by atoms with Crippen LogP contribution in [0.4, 0.5) is 0 Å². The van der Waals surface area contributed by atoms with Crippen molar-refractivity contribution >= 4 is 23.3 Å². The fourth-order valence-electron chi connectivity index (χ4n) is 1.82. The van der Waals surface area contributed by atoms with Gasteiger partial charge in [-0.25, -0.2) is 0 Å². The zero-order valence-electron chi connectivity index (χ0n) is 8.60. The number of rotatable bonds is 2. The molecular weight excluding hydrogens is 212 g/mol. The first-order chi connectivity index (χ1) is 6.72. The Labute approximate surface area is 94.9 Å². The summed E-state index contributed by atoms with van der Waals surface area (Å²) < 4.78 is 2.06. The van der Waals surface area contributed by atoms with Crippen LogP contribution in [0, 0.1) is 0 Å². The van der Waals surface area contributed by atoms with Crippen LogP contribution in [0.2, 0.25) is 0 Å². The molecule has 0 aliphatic heterocycles. The van der Waals surface area contributed by atoms with Crippen LogP contribution in [0.1, 0.15) is 5.56 Å². The molecule has 1 aromatic heterocycles. The van der Waals surface area contributed by atoms with E-state index in [4.69, 9.17) is 5.73 Å². The molecule has 0 atom stereocenters. The summed E-state index contributed by atoms with van der Waals surface area (Å²) in [4.78, 5) is 0. The Morgan fingerprint density at radius 2 is 2.13 bits per heavy atom. The van der Waals surface area contributed by atoms with E-state index in [1.54, 1.807) is 12.1 Å². The second-order valence-electron chi connectivity index (χ2n) is 3.51. The van der Waals surface area contributed by atoms with Crippen LogP contribution in [0.25, 0.3) is 10.9 Å². The van der Waals surface area contributed by atoms with Crippen molar-refractivity contribution < 1.29 is 5.11 Å². The lowest BCUT2D eigenvalue weighted by molar-refractivity contribution is 0.476. The van der Waals surface area contributed by atoms with E-state index in [1.807, 2.05) is 13.1 Å². The molecule has 1 heterocycles. The minimum atomic E-state index is 0. The Morgan fingerprint density at radius 3 is 2.80 bits per heavy atom. The first kappa shape index (κ1) is 11.9. The highest BCUT2D eigenvalue weighted by molar-refractivity contribution is 5.85. The lowest BCUT2D eigenvalue weighted by Crippen LogP contribution is -2.01. The zero-order chi connectivity index (χ0) is 10.1. The van der Waals surface area contributed by atoms with Crippen molar-refractivity contribution in [2.24, 2.45) is 12.8 Å². The third-order valence-corrected chi connectivity index (χ3v) is 2.47. The lowest BCUT2D eigenvalue weighted by Gasteiger charge is -1.97. The van der Waals surface area contributed by atoms with Crippen molar-refractivity contribution in [2.75, 3.05) is 6.54 Å². The molecule has 0 saturated heterocycles. The molecule has 3 nitrogen and oxygen atoms in total. The topological polar surface area (TPSA) is 51.2 Å². The second kappa shape index (κ2) is 4.55. The minimum absolute atomic E-state index is 0. The molecule has 0 aliphatic carbocycles. The van der Waals surface area contributed by atoms with Crippen LogP contribution in [0.3, 0.4) is 0 Å². The van der Waals surface area contributed by atoms with Gasteiger partial charge in [-0.05, 0) is 36.7 Å². The number of nitrogens with two attached hydrogens (primary N) is 1. The molecule has 3 N–H and O–H groups in total. The van der Waals surface area contributed by atoms with Gasteiger partial charge in [-0.1, -0.05) is 0 Å². The van der Waals surface area contributed by atoms with E-state index in [0.717, 1.165) is 17.3 Å². The molecule has 0 spiro atoms. The highest BCUT2D eigenvalue weighted by Gasteiger charge is 2.05. The van der Waals surface area contributed by atoms with Crippen LogP contribution >= 0.6 is 12.4 Å². The van der Waals surface area contributed by atoms with Crippen LogP contribution in [-0.2, 0) is 13.5 Å². The molecule has 0 aliphatic rings. The van der Waals surface area contributed by atoms with E-state index in [1.165, 1.54) is 5.56 Å². The standard InChI is InChI=1S/C11H14N2O.ClH/c1-13-7-8(4-5-12)10-6-9(14)2-3-11(10)13;/h2-3,6-7,14H,4-5,12H2,1H3;1H. The van der Waals surface area contributed by atoms with Gasteiger partial charge in [-0.3, -0.25) is 0 Å². The Hall–Kier alpha value is -1.19. The third-order valence-electron chi connectivity index (χ3n) is 2.47. The van der Waals surface area contributed by atoms with Gasteiger partial charge in [0.25, 0.3) is 0 Å². The van der Waals surface area contributed by atoms with Crippen molar-refractivity contribution in [1.82, 2.24) is 4.57 Å². The van der Waals surface area contributed by atoms with Gasteiger partial charge in [-0.15, -0.1) is 12.4 Å². The highest BCUT2D eigenvalue weighted by Crippen LogP contribution is 2.24. The normalized spacial score (nSPS) is 10.3. The smallest absolute Gasteiger partial charge is 0.116 e. The zero-order valence-corrected chi connectivity index (χ0v) is 9.42. The van der Waals surface area contributed by atoms with Crippen molar-refractivity contribution in [1.29, 1.82) is 0 Å². The fourth-order valence-corrected chi connectivity index (χ4v) is 1.82. The number of aryl methyl sites for hydroxylation is 1. The van der Waals surface area contributed by atoms with Crippen LogP contribution < -0.4 is 5.73 Å². The second-order valence-corrected chi connectivity index (χ2v) is 3.51. The van der Waals surface area contributed by atoms with Crippen molar-refractivity contribution in [3.8, 4) is 5.75 Å². The Bertz CT molecular complexity index is 465. The summed E-state index contributed by atoms with van der Waals surface area (Å²) in [6.07, 6.45) is 2.91. The molecule has 2 aromatic rings. The number of hydrogen-bond donors (Lipinski definition) is 2. The SMILES string of the molecule is Cl.Cn1cc(CCN)c2cc(O)ccc21. The number of aromatic hydroxyl groups is 1. The number of phenolic OH excluding ortho intramolecular Hbond substituents is 1. The predicted octanol–water partition coefficient (Wildman–Crippen LogP) is 1.81. The molecule has 4 heteroatoms. The van der Waals surface area contributed by atoms with Crippen LogP contribution in [0.15, 0.2) is 24.4 Å². The van der Waals surface area contributed by atoms with Crippen molar-refractivity contribution in [3.63, 3.8) is 0 Å². The molecule has 15 heavy (non-hydrogen) atoms. The van der Waals surface area contributed by atoms with Gasteiger partial charge in [0, 0.05) is 24.1 Å². The Balaban J connectivity index is 0.00000112. The largest absolute Gasteiger partial charge is 0.508 e. The van der Waals surface area contributed by atoms with E-state index in [9.17, 15) is 5.11 Å². The molecule has 0 radical (unpaired) electrons. The average molecular weight is 227 g/mol. The molecule has 0 amide bonds. The number of benzene rings is 1. The molecule has 82 valence electrons. The van der Waals surface area contributed by atoms with Gasteiger partial charge < -0.3 is 15.4 Å². The monoisotopic (exact) mass is 226 g/mol. The van der Waals surface area contributed by atoms with Gasteiger partial charge in [0.15, 0.2) is 0 Å². The molecular formula is C11H15ClN2O. The molecule has 0 saturated carbocycles. The van der Waals surface area contributed by atoms with Crippen molar-refractivity contribution in [3.05, 3.63) is 30.0 Å². The first-order valence-corrected chi connectivity index (χ1v) is 4.69. The summed E-state index contributed by atoms with van der Waals surface area (Å²) >= 11 is 0. The predicted molar refractivity (Wildman–Crippen MR) is 64.6 cm³/mol. The molecule has 1 aromatic carbocycles. The highest BCUT2D eigenvalue weighted by atomic mass is 35.5. The van der Waals surface area contributed by atoms with Gasteiger partial charge in [0.05, 0.1) is 0 Å². The van der Waals surface area contributed by atoms with E-state index in [0.29, 0.717) is 12.3 Å². The van der Waals surface area contributed by atoms with Crippen LogP contribution in [-0.4, -0.2) is 16.2 Å². The Morgan fingerprint density at radius 1 is 1.40 bits per heavy atom. The minimum Gasteiger partial charge on any atom is -0.508 e. The van der Waals surface area contributed by atoms with E-state index in [-0.39, 0.29) is 12.4 Å². The van der Waals surface area contributed by atoms with E-state index >= 15 is 0 Å². The number of fused-ring (bicyclic) bond motifs is 1. The molecule has 0 fully saturated rings. The molecule has 2 rings (SSSR count). The fraction of sp³-hybridized carbons (Fsp3) is 0.273. The summed E-state index contributed by atoms with van der Waals surface area (Å²) in [5.41, 5.74) is 7.85. The number of hydrogen-bond acceptors (Lipinski definition) is 2. The maximum atomic E-state index is 9.39. The number of phenols is 1. The summed E-state index contributed by atoms with van der Waals surface area (Å²) in [7, 11) is 2.00. The summed E-state index contributed by atoms with van der Waals surface area (Å²) in [5.74, 6) is 0.307. The van der Waals surface area contributed by atoms with Gasteiger partial charge in [0.2, 0.25) is 0 Å². The third kappa shape index (κ3) is 2.08. The Kier molecular flexibility index (Phi) is 3.61.